The lowest BCUT2D eigenvalue weighted by atomic mass is 10.1. The maximum Gasteiger partial charge on any atom is 0.416 e. The maximum atomic E-state index is 13.1. The molecule has 0 spiro atoms. The average molecular weight is 503 g/mol. The standard InChI is InChI=1S/C23H19F6NO5/c1-2-34-21(33)18-11-30(5-6-31)19-4-3-16(10-17(19)20(18)32)35-12-13-7-14(22(24,25)26)9-15(8-13)23(27,28)29/h3-4,7-11,31H,2,5-6,12H2,1H3. The Hall–Kier alpha value is -3.54. The number of benzene rings is 2. The lowest BCUT2D eigenvalue weighted by Crippen LogP contribution is -2.21. The molecule has 1 heterocycles. The number of carbonyl (C=O) groups excluding carboxylic acids is 1. The van der Waals surface area contributed by atoms with E-state index < -0.39 is 41.5 Å². The van der Waals surface area contributed by atoms with Crippen molar-refractivity contribution >= 4 is 16.9 Å². The molecule has 0 unspecified atom stereocenters. The summed E-state index contributed by atoms with van der Waals surface area (Å²) < 4.78 is 90.2. The molecule has 35 heavy (non-hydrogen) atoms. The highest BCUT2D eigenvalue weighted by atomic mass is 19.4. The number of hydrogen-bond acceptors (Lipinski definition) is 5. The van der Waals surface area contributed by atoms with Gasteiger partial charge in [0, 0.05) is 12.7 Å². The van der Waals surface area contributed by atoms with Gasteiger partial charge in [0.2, 0.25) is 5.43 Å². The molecule has 0 fully saturated rings. The van der Waals surface area contributed by atoms with E-state index in [1.165, 1.54) is 29.0 Å². The van der Waals surface area contributed by atoms with E-state index in [-0.39, 0.29) is 48.1 Å². The number of esters is 1. The normalized spacial score (nSPS) is 12.1. The molecule has 0 amide bonds. The fourth-order valence-electron chi connectivity index (χ4n) is 3.38. The Morgan fingerprint density at radius 3 is 2.17 bits per heavy atom. The molecule has 12 heteroatoms. The zero-order valence-corrected chi connectivity index (χ0v) is 18.2. The van der Waals surface area contributed by atoms with E-state index >= 15 is 0 Å². The molecule has 2 aromatic carbocycles. The van der Waals surface area contributed by atoms with Crippen molar-refractivity contribution in [3.05, 3.63) is 75.1 Å². The first-order chi connectivity index (χ1) is 16.3. The summed E-state index contributed by atoms with van der Waals surface area (Å²) in [4.78, 5) is 25.0. The van der Waals surface area contributed by atoms with Crippen LogP contribution in [0.25, 0.3) is 10.9 Å². The van der Waals surface area contributed by atoms with E-state index in [1.54, 1.807) is 6.92 Å². The van der Waals surface area contributed by atoms with Crippen molar-refractivity contribution in [2.75, 3.05) is 13.2 Å². The van der Waals surface area contributed by atoms with Gasteiger partial charge in [0.25, 0.3) is 0 Å². The molecule has 0 aliphatic carbocycles. The zero-order valence-electron chi connectivity index (χ0n) is 18.2. The summed E-state index contributed by atoms with van der Waals surface area (Å²) in [6.07, 6.45) is -8.76. The molecule has 3 aromatic rings. The summed E-state index contributed by atoms with van der Waals surface area (Å²) in [5.41, 5.74) is -4.03. The van der Waals surface area contributed by atoms with E-state index in [9.17, 15) is 41.0 Å². The van der Waals surface area contributed by atoms with Gasteiger partial charge in [-0.1, -0.05) is 0 Å². The molecule has 0 aliphatic rings. The molecule has 1 N–H and O–H groups in total. The Balaban J connectivity index is 2.00. The third-order valence-electron chi connectivity index (χ3n) is 4.94. The van der Waals surface area contributed by atoms with Crippen molar-refractivity contribution in [3.8, 4) is 5.75 Å². The quantitative estimate of drug-likeness (QED) is 0.371. The Morgan fingerprint density at radius 1 is 1.00 bits per heavy atom. The van der Waals surface area contributed by atoms with Crippen LogP contribution in [0.2, 0.25) is 0 Å². The van der Waals surface area contributed by atoms with Crippen LogP contribution in [0.15, 0.2) is 47.4 Å². The van der Waals surface area contributed by atoms with Crippen molar-refractivity contribution in [1.82, 2.24) is 4.57 Å². The van der Waals surface area contributed by atoms with E-state index in [4.69, 9.17) is 9.47 Å². The van der Waals surface area contributed by atoms with Crippen LogP contribution >= 0.6 is 0 Å². The second-order valence-electron chi connectivity index (χ2n) is 7.39. The summed E-state index contributed by atoms with van der Waals surface area (Å²) in [6, 6.07) is 5.10. The van der Waals surface area contributed by atoms with Crippen molar-refractivity contribution < 1.29 is 45.7 Å². The summed E-state index contributed by atoms with van der Waals surface area (Å²) >= 11 is 0. The van der Waals surface area contributed by atoms with E-state index in [0.29, 0.717) is 17.6 Å². The Kier molecular flexibility index (Phi) is 7.44. The summed E-state index contributed by atoms with van der Waals surface area (Å²) in [7, 11) is 0. The zero-order chi connectivity index (χ0) is 26.0. The Bertz CT molecular complexity index is 1260. The van der Waals surface area contributed by atoms with Gasteiger partial charge in [-0.15, -0.1) is 0 Å². The lowest BCUT2D eigenvalue weighted by Gasteiger charge is -2.15. The van der Waals surface area contributed by atoms with E-state index in [0.717, 1.165) is 0 Å². The summed E-state index contributed by atoms with van der Waals surface area (Å²) in [5, 5.41) is 9.29. The molecular weight excluding hydrogens is 484 g/mol. The topological polar surface area (TPSA) is 77.8 Å². The van der Waals surface area contributed by atoms with Crippen molar-refractivity contribution in [2.24, 2.45) is 0 Å². The highest BCUT2D eigenvalue weighted by Gasteiger charge is 2.36. The molecule has 0 saturated carbocycles. The average Bonchev–Trinajstić information content (AvgIpc) is 2.78. The monoisotopic (exact) mass is 503 g/mol. The molecule has 3 rings (SSSR count). The van der Waals surface area contributed by atoms with Crippen molar-refractivity contribution in [1.29, 1.82) is 0 Å². The lowest BCUT2D eigenvalue weighted by molar-refractivity contribution is -0.143. The van der Waals surface area contributed by atoms with Crippen LogP contribution in [-0.4, -0.2) is 28.9 Å². The highest BCUT2D eigenvalue weighted by Crippen LogP contribution is 2.36. The van der Waals surface area contributed by atoms with Gasteiger partial charge in [-0.25, -0.2) is 4.79 Å². The first-order valence-corrected chi connectivity index (χ1v) is 10.2. The van der Waals surface area contributed by atoms with Crippen LogP contribution in [0.5, 0.6) is 5.75 Å². The first-order valence-electron chi connectivity index (χ1n) is 10.2. The number of carbonyl (C=O) groups is 1. The maximum absolute atomic E-state index is 13.1. The van der Waals surface area contributed by atoms with Gasteiger partial charge in [0.1, 0.15) is 17.9 Å². The summed E-state index contributed by atoms with van der Waals surface area (Å²) in [6.45, 7) is 0.635. The Labute approximate surface area is 194 Å². The molecule has 0 saturated heterocycles. The largest absolute Gasteiger partial charge is 0.489 e. The van der Waals surface area contributed by atoms with Crippen molar-refractivity contribution in [3.63, 3.8) is 0 Å². The molecule has 0 aliphatic heterocycles. The van der Waals surface area contributed by atoms with Crippen LogP contribution in [0.3, 0.4) is 0 Å². The van der Waals surface area contributed by atoms with E-state index in [1.807, 2.05) is 0 Å². The predicted molar refractivity (Wildman–Crippen MR) is 112 cm³/mol. The highest BCUT2D eigenvalue weighted by molar-refractivity contribution is 5.94. The number of alkyl halides is 6. The van der Waals surface area contributed by atoms with Crippen LogP contribution in [0.1, 0.15) is 34.0 Å². The molecule has 0 bridgehead atoms. The van der Waals surface area contributed by atoms with Crippen LogP contribution in [-0.2, 0) is 30.2 Å². The fraction of sp³-hybridized carbons (Fsp3) is 0.304. The fourth-order valence-corrected chi connectivity index (χ4v) is 3.38. The first kappa shape index (κ1) is 26.1. The van der Waals surface area contributed by atoms with Crippen LogP contribution in [0, 0.1) is 0 Å². The van der Waals surface area contributed by atoms with E-state index in [2.05, 4.69) is 0 Å². The van der Waals surface area contributed by atoms with Gasteiger partial charge >= 0.3 is 18.3 Å². The second kappa shape index (κ2) is 9.98. The minimum absolute atomic E-state index is 0.0103. The minimum atomic E-state index is -5.00. The van der Waals surface area contributed by atoms with Gasteiger partial charge in [-0.3, -0.25) is 4.79 Å². The third kappa shape index (κ3) is 5.94. The third-order valence-corrected chi connectivity index (χ3v) is 4.94. The molecule has 1 aromatic heterocycles. The number of aliphatic hydroxyl groups excluding tert-OH is 1. The number of halogens is 6. The number of hydrogen-bond donors (Lipinski definition) is 1. The number of fused-ring (bicyclic) bond motifs is 1. The molecule has 188 valence electrons. The molecule has 0 atom stereocenters. The number of aliphatic hydroxyl groups is 1. The number of pyridine rings is 1. The van der Waals surface area contributed by atoms with Crippen LogP contribution < -0.4 is 10.2 Å². The number of ether oxygens (including phenoxy) is 2. The number of rotatable bonds is 7. The predicted octanol–water partition coefficient (Wildman–Crippen LogP) is 4.79. The molecule has 0 radical (unpaired) electrons. The molecule has 6 nitrogen and oxygen atoms in total. The Morgan fingerprint density at radius 2 is 1.63 bits per heavy atom. The van der Waals surface area contributed by atoms with Gasteiger partial charge in [0.05, 0.1) is 35.2 Å². The number of nitrogens with zero attached hydrogens (tertiary/aromatic N) is 1. The SMILES string of the molecule is CCOC(=O)c1cn(CCO)c2ccc(OCc3cc(C(F)(F)F)cc(C(F)(F)F)c3)cc2c1=O. The second-order valence-corrected chi connectivity index (χ2v) is 7.39. The van der Waals surface area contributed by atoms with Gasteiger partial charge in [0.15, 0.2) is 0 Å². The van der Waals surface area contributed by atoms with Crippen LogP contribution in [0.4, 0.5) is 26.3 Å². The molecular formula is C23H19F6NO5. The number of aromatic nitrogens is 1. The smallest absolute Gasteiger partial charge is 0.416 e. The van der Waals surface area contributed by atoms with Gasteiger partial charge < -0.3 is 19.1 Å². The van der Waals surface area contributed by atoms with Gasteiger partial charge in [-0.05, 0) is 48.9 Å². The van der Waals surface area contributed by atoms with Gasteiger partial charge in [-0.2, -0.15) is 26.3 Å². The minimum Gasteiger partial charge on any atom is -0.489 e. The van der Waals surface area contributed by atoms with Crippen molar-refractivity contribution in [2.45, 2.75) is 32.4 Å². The summed E-state index contributed by atoms with van der Waals surface area (Å²) in [5.74, 6) is -0.918.